The highest BCUT2D eigenvalue weighted by Crippen LogP contribution is 2.24. The van der Waals surface area contributed by atoms with Gasteiger partial charge in [0.1, 0.15) is 6.04 Å². The Balaban J connectivity index is 1.70. The molecule has 6 nitrogen and oxygen atoms in total. The maximum absolute atomic E-state index is 13.2. The van der Waals surface area contributed by atoms with E-state index in [0.717, 1.165) is 42.6 Å². The molecule has 0 bridgehead atoms. The Morgan fingerprint density at radius 3 is 2.44 bits per heavy atom. The van der Waals surface area contributed by atoms with Crippen LogP contribution in [-0.4, -0.2) is 23.4 Å². The number of carbonyl (C=O) groups excluding carboxylic acids is 2. The SMILES string of the molecule is CC(C)(C)NSc1ccc(NC(=O)[C@H](Cc2cccc(C#N)c2)NC(=O)C2CCCCC2)cc1. The van der Waals surface area contributed by atoms with Crippen LogP contribution in [0.2, 0.25) is 0 Å². The number of nitrogens with zero attached hydrogens (tertiary/aromatic N) is 1. The molecule has 0 spiro atoms. The van der Waals surface area contributed by atoms with E-state index >= 15 is 0 Å². The lowest BCUT2D eigenvalue weighted by Crippen LogP contribution is -2.47. The lowest BCUT2D eigenvalue weighted by atomic mass is 9.88. The van der Waals surface area contributed by atoms with E-state index in [9.17, 15) is 14.9 Å². The van der Waals surface area contributed by atoms with Gasteiger partial charge in [0.2, 0.25) is 11.8 Å². The third kappa shape index (κ3) is 8.19. The van der Waals surface area contributed by atoms with Gasteiger partial charge in [-0.2, -0.15) is 5.26 Å². The van der Waals surface area contributed by atoms with Crippen LogP contribution in [0.15, 0.2) is 53.4 Å². The zero-order valence-electron chi connectivity index (χ0n) is 20.2. The standard InChI is InChI=1S/C27H34N4O2S/c1-27(2,3)31-34-23-14-12-22(13-15-23)29-26(33)24(17-19-8-7-9-20(16-19)18-28)30-25(32)21-10-5-4-6-11-21/h7-9,12-16,21,24,31H,4-6,10-11,17H2,1-3H3,(H,29,33)(H,30,32)/t24-/m0/s1. The molecule has 2 aromatic carbocycles. The highest BCUT2D eigenvalue weighted by atomic mass is 32.2. The minimum absolute atomic E-state index is 0.00976. The molecule has 7 heteroatoms. The zero-order chi connectivity index (χ0) is 24.6. The second kappa shape index (κ2) is 12.0. The van der Waals surface area contributed by atoms with Crippen molar-refractivity contribution in [3.8, 4) is 6.07 Å². The number of carbonyl (C=O) groups is 2. The molecule has 0 radical (unpaired) electrons. The minimum Gasteiger partial charge on any atom is -0.344 e. The van der Waals surface area contributed by atoms with Crippen LogP contribution < -0.4 is 15.4 Å². The summed E-state index contributed by atoms with van der Waals surface area (Å²) in [6.45, 7) is 6.30. The van der Waals surface area contributed by atoms with Crippen molar-refractivity contribution in [2.45, 2.75) is 75.8 Å². The summed E-state index contributed by atoms with van der Waals surface area (Å²) in [5.41, 5.74) is 2.03. The van der Waals surface area contributed by atoms with Gasteiger partial charge in [-0.15, -0.1) is 0 Å². The average Bonchev–Trinajstić information content (AvgIpc) is 2.83. The van der Waals surface area contributed by atoms with E-state index < -0.39 is 6.04 Å². The smallest absolute Gasteiger partial charge is 0.247 e. The molecule has 180 valence electrons. The molecule has 0 aromatic heterocycles. The van der Waals surface area contributed by atoms with E-state index in [1.165, 1.54) is 0 Å². The molecule has 1 fully saturated rings. The lowest BCUT2D eigenvalue weighted by molar-refractivity contribution is -0.130. The van der Waals surface area contributed by atoms with E-state index in [4.69, 9.17) is 0 Å². The molecule has 1 saturated carbocycles. The molecule has 0 unspecified atom stereocenters. The molecule has 0 heterocycles. The number of hydrogen-bond acceptors (Lipinski definition) is 5. The van der Waals surface area contributed by atoms with E-state index in [2.05, 4.69) is 42.2 Å². The zero-order valence-corrected chi connectivity index (χ0v) is 21.0. The summed E-state index contributed by atoms with van der Waals surface area (Å²) < 4.78 is 3.36. The molecule has 1 atom stereocenters. The number of rotatable bonds is 8. The van der Waals surface area contributed by atoms with Gasteiger partial charge in [-0.05, 0) is 87.5 Å². The van der Waals surface area contributed by atoms with Gasteiger partial charge in [-0.25, -0.2) is 0 Å². The van der Waals surface area contributed by atoms with E-state index in [1.54, 1.807) is 30.1 Å². The molecule has 2 aromatic rings. The van der Waals surface area contributed by atoms with Crippen LogP contribution in [-0.2, 0) is 16.0 Å². The van der Waals surface area contributed by atoms with Crippen LogP contribution >= 0.6 is 11.9 Å². The maximum Gasteiger partial charge on any atom is 0.247 e. The van der Waals surface area contributed by atoms with Gasteiger partial charge in [-0.3, -0.25) is 14.3 Å². The van der Waals surface area contributed by atoms with Crippen LogP contribution in [0.5, 0.6) is 0 Å². The topological polar surface area (TPSA) is 94.0 Å². The quantitative estimate of drug-likeness (QED) is 0.454. The van der Waals surface area contributed by atoms with E-state index in [0.29, 0.717) is 17.7 Å². The molecular formula is C27H34N4O2S. The fraction of sp³-hybridized carbons (Fsp3) is 0.444. The van der Waals surface area contributed by atoms with Gasteiger partial charge < -0.3 is 10.6 Å². The van der Waals surface area contributed by atoms with Crippen LogP contribution in [0.4, 0.5) is 5.69 Å². The number of anilines is 1. The molecule has 2 amide bonds. The van der Waals surface area contributed by atoms with Gasteiger partial charge in [0.05, 0.1) is 11.6 Å². The average molecular weight is 479 g/mol. The monoisotopic (exact) mass is 478 g/mol. The summed E-state index contributed by atoms with van der Waals surface area (Å²) in [7, 11) is 0. The molecule has 0 aliphatic heterocycles. The van der Waals surface area contributed by atoms with Gasteiger partial charge in [0, 0.05) is 28.5 Å². The van der Waals surface area contributed by atoms with Crippen molar-refractivity contribution in [1.29, 1.82) is 5.26 Å². The Bertz CT molecular complexity index is 1020. The van der Waals surface area contributed by atoms with Gasteiger partial charge in [0.15, 0.2) is 0 Å². The van der Waals surface area contributed by atoms with Crippen LogP contribution in [0.1, 0.15) is 64.0 Å². The predicted octanol–water partition coefficient (Wildman–Crippen LogP) is 5.20. The van der Waals surface area contributed by atoms with Crippen molar-refractivity contribution in [2.24, 2.45) is 5.92 Å². The number of hydrogen-bond donors (Lipinski definition) is 3. The summed E-state index contributed by atoms with van der Waals surface area (Å²) in [4.78, 5) is 27.2. The van der Waals surface area contributed by atoms with E-state index in [-0.39, 0.29) is 23.3 Å². The number of nitrogens with one attached hydrogen (secondary N) is 3. The third-order valence-electron chi connectivity index (χ3n) is 5.70. The maximum atomic E-state index is 13.2. The summed E-state index contributed by atoms with van der Waals surface area (Å²) in [6, 6.07) is 16.2. The molecule has 1 aliphatic rings. The predicted molar refractivity (Wildman–Crippen MR) is 137 cm³/mol. The highest BCUT2D eigenvalue weighted by molar-refractivity contribution is 7.97. The number of benzene rings is 2. The van der Waals surface area contributed by atoms with Crippen LogP contribution in [0.3, 0.4) is 0 Å². The van der Waals surface area contributed by atoms with Crippen molar-refractivity contribution in [3.63, 3.8) is 0 Å². The van der Waals surface area contributed by atoms with Gasteiger partial charge >= 0.3 is 0 Å². The first-order chi connectivity index (χ1) is 16.2. The fourth-order valence-electron chi connectivity index (χ4n) is 3.91. The summed E-state index contributed by atoms with van der Waals surface area (Å²) >= 11 is 1.54. The number of nitriles is 1. The van der Waals surface area contributed by atoms with Crippen molar-refractivity contribution in [3.05, 3.63) is 59.7 Å². The summed E-state index contributed by atoms with van der Waals surface area (Å²) in [6.07, 6.45) is 5.32. The molecule has 34 heavy (non-hydrogen) atoms. The first-order valence-corrected chi connectivity index (χ1v) is 12.7. The normalized spacial score (nSPS) is 15.2. The number of amides is 2. The van der Waals surface area contributed by atoms with Crippen molar-refractivity contribution >= 4 is 29.4 Å². The van der Waals surface area contributed by atoms with Crippen LogP contribution in [0, 0.1) is 17.2 Å². The molecule has 0 saturated heterocycles. The lowest BCUT2D eigenvalue weighted by Gasteiger charge is -2.25. The third-order valence-corrected chi connectivity index (χ3v) is 6.92. The molecule has 3 N–H and O–H groups in total. The Morgan fingerprint density at radius 1 is 1.09 bits per heavy atom. The summed E-state index contributed by atoms with van der Waals surface area (Å²) in [5, 5.41) is 15.2. The van der Waals surface area contributed by atoms with E-state index in [1.807, 2.05) is 30.3 Å². The molecule has 1 aliphatic carbocycles. The van der Waals surface area contributed by atoms with Crippen molar-refractivity contribution < 1.29 is 9.59 Å². The van der Waals surface area contributed by atoms with Gasteiger partial charge in [-0.1, -0.05) is 31.4 Å². The van der Waals surface area contributed by atoms with Crippen molar-refractivity contribution in [2.75, 3.05) is 5.32 Å². The molecular weight excluding hydrogens is 444 g/mol. The second-order valence-electron chi connectivity index (χ2n) is 9.88. The van der Waals surface area contributed by atoms with Crippen molar-refractivity contribution in [1.82, 2.24) is 10.0 Å². The Kier molecular flexibility index (Phi) is 9.14. The van der Waals surface area contributed by atoms with Crippen LogP contribution in [0.25, 0.3) is 0 Å². The Labute approximate surface area is 207 Å². The van der Waals surface area contributed by atoms with Gasteiger partial charge in [0.25, 0.3) is 0 Å². The molecule has 3 rings (SSSR count). The largest absolute Gasteiger partial charge is 0.344 e. The summed E-state index contributed by atoms with van der Waals surface area (Å²) in [5.74, 6) is -0.364. The first kappa shape index (κ1) is 25.8. The highest BCUT2D eigenvalue weighted by Gasteiger charge is 2.27. The Morgan fingerprint density at radius 2 is 1.79 bits per heavy atom. The minimum atomic E-state index is -0.722. The fourth-order valence-corrected chi connectivity index (χ4v) is 4.61. The second-order valence-corrected chi connectivity index (χ2v) is 10.8. The first-order valence-electron chi connectivity index (χ1n) is 11.9. The Hall–Kier alpha value is -2.82.